The minimum absolute atomic E-state index is 0.216. The smallest absolute Gasteiger partial charge is 0.274 e. The van der Waals surface area contributed by atoms with Crippen molar-refractivity contribution in [3.63, 3.8) is 0 Å². The van der Waals surface area contributed by atoms with Gasteiger partial charge < -0.3 is 0 Å². The highest BCUT2D eigenvalue weighted by Crippen LogP contribution is 2.18. The molecule has 2 aliphatic rings. The van der Waals surface area contributed by atoms with Crippen molar-refractivity contribution in [2.75, 3.05) is 27.2 Å². The molecule has 0 spiro atoms. The molecule has 1 atom stereocenters. The van der Waals surface area contributed by atoms with Gasteiger partial charge in [0.15, 0.2) is 0 Å². The van der Waals surface area contributed by atoms with E-state index in [1.54, 1.807) is 7.05 Å². The normalized spacial score (nSPS) is 22.2. The van der Waals surface area contributed by atoms with Gasteiger partial charge >= 0.3 is 12.0 Å². The molecule has 7 heteroatoms. The first-order valence-electron chi connectivity index (χ1n) is 7.39. The molecule has 0 saturated carbocycles. The Hall–Kier alpha value is -1.92. The highest BCUT2D eigenvalue weighted by atomic mass is 16.2. The van der Waals surface area contributed by atoms with Gasteiger partial charge in [0.05, 0.1) is 13.1 Å². The van der Waals surface area contributed by atoms with Crippen molar-refractivity contribution in [2.45, 2.75) is 33.2 Å². The molecule has 0 bridgehead atoms. The zero-order chi connectivity index (χ0) is 15.7. The van der Waals surface area contributed by atoms with E-state index in [-0.39, 0.29) is 11.9 Å². The number of amides is 3. The molecule has 1 unspecified atom stereocenters. The molecule has 0 aromatic rings. The van der Waals surface area contributed by atoms with Gasteiger partial charge in [-0.1, -0.05) is 25.8 Å². The van der Waals surface area contributed by atoms with Gasteiger partial charge in [-0.2, -0.15) is 0 Å². The summed E-state index contributed by atoms with van der Waals surface area (Å²) >= 11 is 0. The number of aliphatic imine (C=N–C) groups is 1. The number of nitrogens with zero attached hydrogens (tertiary/aromatic N) is 4. The summed E-state index contributed by atoms with van der Waals surface area (Å²) in [5, 5.41) is 3.29. The summed E-state index contributed by atoms with van der Waals surface area (Å²) < 4.78 is 1.96. The molecule has 7 nitrogen and oxygen atoms in total. The highest BCUT2D eigenvalue weighted by molar-refractivity contribution is 6.22. The van der Waals surface area contributed by atoms with E-state index >= 15 is 0 Å². The average Bonchev–Trinajstić information content (AvgIpc) is 2.80. The number of imide groups is 1. The number of carbonyl (C=O) groups excluding carboxylic acids is 2. The maximum absolute atomic E-state index is 12.4. The monoisotopic (exact) mass is 294 g/mol. The average molecular weight is 294 g/mol. The summed E-state index contributed by atoms with van der Waals surface area (Å²) in [5.41, 5.74) is 0. The molecule has 1 N–H and O–H groups in total. The lowest BCUT2D eigenvalue weighted by Crippen LogP contribution is -2.61. The Bertz CT molecular complexity index is 523. The number of amidine groups is 1. The second-order valence-corrected chi connectivity index (χ2v) is 5.90. The van der Waals surface area contributed by atoms with E-state index in [2.05, 4.69) is 31.1 Å². The summed E-state index contributed by atoms with van der Waals surface area (Å²) in [6.45, 7) is 7.79. The molecule has 3 amide bonds. The van der Waals surface area contributed by atoms with Gasteiger partial charge in [-0.3, -0.25) is 19.9 Å². The Kier molecular flexibility index (Phi) is 4.29. The van der Waals surface area contributed by atoms with Gasteiger partial charge in [-0.25, -0.2) is 9.37 Å². The zero-order valence-electron chi connectivity index (χ0n) is 13.4. The van der Waals surface area contributed by atoms with Gasteiger partial charge in [-0.15, -0.1) is 0 Å². The van der Waals surface area contributed by atoms with Crippen molar-refractivity contribution in [3.05, 3.63) is 0 Å². The van der Waals surface area contributed by atoms with Gasteiger partial charge in [0.1, 0.15) is 0 Å². The van der Waals surface area contributed by atoms with Crippen LogP contribution < -0.4 is 5.32 Å². The molecule has 2 heterocycles. The van der Waals surface area contributed by atoms with E-state index in [0.717, 1.165) is 24.4 Å². The highest BCUT2D eigenvalue weighted by Gasteiger charge is 2.51. The Balaban J connectivity index is 2.36. The topological polar surface area (TPSA) is 68.0 Å². The van der Waals surface area contributed by atoms with Crippen molar-refractivity contribution >= 4 is 23.7 Å². The summed E-state index contributed by atoms with van der Waals surface area (Å²) in [5.74, 6) is 1.46. The summed E-state index contributed by atoms with van der Waals surface area (Å²) in [4.78, 5) is 31.6. The van der Waals surface area contributed by atoms with Crippen LogP contribution in [0, 0.1) is 5.92 Å². The van der Waals surface area contributed by atoms with Crippen molar-refractivity contribution in [2.24, 2.45) is 10.9 Å². The van der Waals surface area contributed by atoms with Gasteiger partial charge in [-0.05, 0) is 12.3 Å². The number of fused-ring (bicyclic) bond motifs is 1. The third-order valence-corrected chi connectivity index (χ3v) is 3.66. The molecule has 0 aromatic carbocycles. The quantitative estimate of drug-likeness (QED) is 0.759. The zero-order valence-corrected chi connectivity index (χ0v) is 13.4. The van der Waals surface area contributed by atoms with Crippen LogP contribution in [0.2, 0.25) is 0 Å². The molecule has 0 aliphatic carbocycles. The Morgan fingerprint density at radius 1 is 1.29 bits per heavy atom. The number of guanidine groups is 1. The lowest BCUT2D eigenvalue weighted by molar-refractivity contribution is -0.537. The van der Waals surface area contributed by atoms with Crippen LogP contribution in [0.4, 0.5) is 4.79 Å². The number of hydrogen-bond donors (Lipinski definition) is 1. The van der Waals surface area contributed by atoms with Crippen LogP contribution in [0.15, 0.2) is 4.99 Å². The van der Waals surface area contributed by atoms with Gasteiger partial charge in [0, 0.05) is 14.1 Å². The van der Waals surface area contributed by atoms with E-state index in [0.29, 0.717) is 17.7 Å². The summed E-state index contributed by atoms with van der Waals surface area (Å²) in [6.07, 6.45) is 0.904. The lowest BCUT2D eigenvalue weighted by atomic mass is 10.1. The van der Waals surface area contributed by atoms with Crippen LogP contribution in [-0.2, 0) is 4.79 Å². The second kappa shape index (κ2) is 5.83. The second-order valence-electron chi connectivity index (χ2n) is 5.90. The molecular formula is C14H24N5O2+. The van der Waals surface area contributed by atoms with Crippen molar-refractivity contribution in [3.8, 4) is 0 Å². The molecule has 2 rings (SSSR count). The number of likely N-dealkylation sites (N-methyl/N-ethyl adjacent to an activating group) is 2. The maximum atomic E-state index is 12.4. The standard InChI is InChI=1S/C14H23N5O2/c1-6-7-19-10-11(16-13(19)15-8-9(2)3)17(4)14(21)18(5)12(10)20/h9-10H,6-8H2,1-5H3/p+1. The fourth-order valence-electron chi connectivity index (χ4n) is 2.51. The third kappa shape index (κ3) is 2.64. The Morgan fingerprint density at radius 2 is 1.95 bits per heavy atom. The minimum Gasteiger partial charge on any atom is -0.274 e. The SMILES string of the molecule is CCC[N+]1=C(NCC(C)C)N=C2C1C(=O)N(C)C(=O)N2C. The number of nitrogens with one attached hydrogen (secondary N) is 1. The first kappa shape index (κ1) is 15.5. The first-order valence-corrected chi connectivity index (χ1v) is 7.39. The molecule has 1 fully saturated rings. The molecule has 116 valence electrons. The largest absolute Gasteiger partial charge is 0.390 e. The predicted molar refractivity (Wildman–Crippen MR) is 80.4 cm³/mol. The number of urea groups is 1. The number of hydrogen-bond acceptors (Lipinski definition) is 4. The van der Waals surface area contributed by atoms with Crippen LogP contribution in [0.5, 0.6) is 0 Å². The van der Waals surface area contributed by atoms with Crippen LogP contribution in [0.3, 0.4) is 0 Å². The maximum Gasteiger partial charge on any atom is 0.390 e. The minimum atomic E-state index is -0.493. The Morgan fingerprint density at radius 3 is 2.52 bits per heavy atom. The Labute approximate surface area is 125 Å². The fourth-order valence-corrected chi connectivity index (χ4v) is 2.51. The summed E-state index contributed by atoms with van der Waals surface area (Å²) in [7, 11) is 3.17. The van der Waals surface area contributed by atoms with Crippen molar-refractivity contribution < 1.29 is 14.2 Å². The lowest BCUT2D eigenvalue weighted by Gasteiger charge is -2.31. The van der Waals surface area contributed by atoms with E-state index < -0.39 is 6.04 Å². The predicted octanol–water partition coefficient (Wildman–Crippen LogP) is 0.315. The van der Waals surface area contributed by atoms with Gasteiger partial charge in [0.25, 0.3) is 5.91 Å². The fraction of sp³-hybridized carbons (Fsp3) is 0.714. The first-order chi connectivity index (χ1) is 9.88. The van der Waals surface area contributed by atoms with Crippen LogP contribution in [0.25, 0.3) is 0 Å². The van der Waals surface area contributed by atoms with Crippen LogP contribution in [-0.4, -0.2) is 71.3 Å². The summed E-state index contributed by atoms with van der Waals surface area (Å²) in [6, 6.07) is -0.830. The van der Waals surface area contributed by atoms with E-state index in [9.17, 15) is 9.59 Å². The van der Waals surface area contributed by atoms with E-state index in [1.165, 1.54) is 11.9 Å². The van der Waals surface area contributed by atoms with Crippen LogP contribution in [0.1, 0.15) is 27.2 Å². The molecule has 21 heavy (non-hydrogen) atoms. The molecule has 0 radical (unpaired) electrons. The third-order valence-electron chi connectivity index (χ3n) is 3.66. The molecule has 2 aliphatic heterocycles. The molecular weight excluding hydrogens is 270 g/mol. The number of rotatable bonds is 4. The van der Waals surface area contributed by atoms with E-state index in [1.807, 2.05) is 4.58 Å². The van der Waals surface area contributed by atoms with Crippen LogP contribution >= 0.6 is 0 Å². The number of carbonyl (C=O) groups is 2. The van der Waals surface area contributed by atoms with E-state index in [4.69, 9.17) is 0 Å². The molecule has 0 aromatic heterocycles. The van der Waals surface area contributed by atoms with Crippen molar-refractivity contribution in [1.29, 1.82) is 0 Å². The molecule has 1 saturated heterocycles. The van der Waals surface area contributed by atoms with Crippen molar-refractivity contribution in [1.82, 2.24) is 15.1 Å². The van der Waals surface area contributed by atoms with Gasteiger partial charge in [0.2, 0.25) is 11.9 Å².